The molecule has 9 heavy (non-hydrogen) atoms. The van der Waals surface area contributed by atoms with E-state index in [1.165, 1.54) is 11.3 Å². The van der Waals surface area contributed by atoms with Gasteiger partial charge in [0.1, 0.15) is 5.51 Å². The maximum absolute atomic E-state index is 4.99. The molecule has 46 valence electrons. The summed E-state index contributed by atoms with van der Waals surface area (Å²) in [5.74, 6) is 2.43. The van der Waals surface area contributed by atoms with E-state index in [0.717, 1.165) is 5.13 Å². The van der Waals surface area contributed by atoms with Crippen molar-refractivity contribution in [1.82, 2.24) is 10.2 Å². The van der Waals surface area contributed by atoms with Crippen molar-refractivity contribution in [3.05, 3.63) is 5.51 Å². The monoisotopic (exact) mass is 139 g/mol. The van der Waals surface area contributed by atoms with Gasteiger partial charge in [-0.05, 0) is 0 Å². The van der Waals surface area contributed by atoms with Crippen LogP contribution in [0.5, 0.6) is 0 Å². The molecule has 0 aliphatic heterocycles. The summed E-state index contributed by atoms with van der Waals surface area (Å²) in [6, 6.07) is 0. The Kier molecular flexibility index (Phi) is 2.05. The first kappa shape index (κ1) is 6.05. The fraction of sp³-hybridized carbons (Fsp3) is 0.200. The zero-order valence-corrected chi connectivity index (χ0v) is 5.48. The number of nitrogens with zero attached hydrogens (tertiary/aromatic N) is 2. The molecule has 1 aromatic rings. The molecule has 1 rings (SSSR count). The molecule has 0 fully saturated rings. The van der Waals surface area contributed by atoms with Crippen LogP contribution in [0.4, 0.5) is 5.13 Å². The molecular weight excluding hydrogens is 134 g/mol. The standard InChI is InChI=1S/C5H5N3S/c1-2-3-6-5-8-7-4-9-5/h1,4H,3H2,(H,6,8). The number of rotatable bonds is 2. The van der Waals surface area contributed by atoms with Crippen molar-refractivity contribution in [2.24, 2.45) is 0 Å². The summed E-state index contributed by atoms with van der Waals surface area (Å²) in [4.78, 5) is 0. The highest BCUT2D eigenvalue weighted by atomic mass is 32.1. The average Bonchev–Trinajstić information content (AvgIpc) is 2.34. The van der Waals surface area contributed by atoms with Crippen LogP contribution in [0.1, 0.15) is 0 Å². The van der Waals surface area contributed by atoms with E-state index in [2.05, 4.69) is 21.4 Å². The second-order valence-electron chi connectivity index (χ2n) is 1.30. The van der Waals surface area contributed by atoms with Crippen LogP contribution in [0.15, 0.2) is 5.51 Å². The predicted molar refractivity (Wildman–Crippen MR) is 37.2 cm³/mol. The van der Waals surface area contributed by atoms with Gasteiger partial charge >= 0.3 is 0 Å². The molecule has 0 amide bonds. The van der Waals surface area contributed by atoms with Gasteiger partial charge in [0.15, 0.2) is 0 Å². The lowest BCUT2D eigenvalue weighted by Crippen LogP contribution is -1.96. The van der Waals surface area contributed by atoms with Crippen LogP contribution in [0.25, 0.3) is 0 Å². The Hall–Kier alpha value is -1.08. The molecule has 0 atom stereocenters. The van der Waals surface area contributed by atoms with Gasteiger partial charge in [-0.3, -0.25) is 0 Å². The summed E-state index contributed by atoms with van der Waals surface area (Å²) < 4.78 is 0. The number of anilines is 1. The van der Waals surface area contributed by atoms with Gasteiger partial charge in [-0.2, -0.15) is 0 Å². The maximum atomic E-state index is 4.99. The van der Waals surface area contributed by atoms with Gasteiger partial charge in [0.2, 0.25) is 5.13 Å². The summed E-state index contributed by atoms with van der Waals surface area (Å²) in [5, 5.41) is 11.0. The minimum atomic E-state index is 0.509. The largest absolute Gasteiger partial charge is 0.349 e. The van der Waals surface area contributed by atoms with E-state index in [1.807, 2.05) is 0 Å². The van der Waals surface area contributed by atoms with Crippen molar-refractivity contribution in [2.45, 2.75) is 0 Å². The normalized spacial score (nSPS) is 8.33. The lowest BCUT2D eigenvalue weighted by atomic mass is 10.7. The van der Waals surface area contributed by atoms with Gasteiger partial charge in [0, 0.05) is 0 Å². The molecule has 0 spiro atoms. The molecule has 1 aromatic heterocycles. The number of hydrogen-bond donors (Lipinski definition) is 1. The van der Waals surface area contributed by atoms with E-state index < -0.39 is 0 Å². The Bertz CT molecular complexity index is 198. The topological polar surface area (TPSA) is 37.8 Å². The molecule has 0 aliphatic rings. The third kappa shape index (κ3) is 1.70. The Morgan fingerprint density at radius 3 is 3.33 bits per heavy atom. The van der Waals surface area contributed by atoms with E-state index in [0.29, 0.717) is 6.54 Å². The third-order valence-corrected chi connectivity index (χ3v) is 1.35. The quantitative estimate of drug-likeness (QED) is 0.609. The van der Waals surface area contributed by atoms with Crippen molar-refractivity contribution < 1.29 is 0 Å². The summed E-state index contributed by atoms with van der Waals surface area (Å²) in [7, 11) is 0. The minimum absolute atomic E-state index is 0.509. The second kappa shape index (κ2) is 3.05. The third-order valence-electron chi connectivity index (χ3n) is 0.702. The first-order valence-electron chi connectivity index (χ1n) is 2.37. The van der Waals surface area contributed by atoms with Crippen LogP contribution in [0.3, 0.4) is 0 Å². The molecule has 3 nitrogen and oxygen atoms in total. The van der Waals surface area contributed by atoms with Gasteiger partial charge < -0.3 is 5.32 Å². The lowest BCUT2D eigenvalue weighted by molar-refractivity contribution is 1.08. The summed E-state index contributed by atoms with van der Waals surface area (Å²) in [5.41, 5.74) is 1.65. The molecule has 1 heterocycles. The molecule has 0 aromatic carbocycles. The smallest absolute Gasteiger partial charge is 0.206 e. The first-order chi connectivity index (χ1) is 4.43. The molecule has 0 saturated heterocycles. The zero-order chi connectivity index (χ0) is 6.53. The maximum Gasteiger partial charge on any atom is 0.206 e. The molecule has 4 heteroatoms. The predicted octanol–water partition coefficient (Wildman–Crippen LogP) is 0.583. The van der Waals surface area contributed by atoms with E-state index in [1.54, 1.807) is 5.51 Å². The molecule has 0 bridgehead atoms. The van der Waals surface area contributed by atoms with E-state index in [-0.39, 0.29) is 0 Å². The van der Waals surface area contributed by atoms with Crippen LogP contribution in [0, 0.1) is 12.3 Å². The Morgan fingerprint density at radius 1 is 1.89 bits per heavy atom. The highest BCUT2D eigenvalue weighted by Crippen LogP contribution is 2.05. The highest BCUT2D eigenvalue weighted by molar-refractivity contribution is 7.13. The van der Waals surface area contributed by atoms with Crippen molar-refractivity contribution in [1.29, 1.82) is 0 Å². The van der Waals surface area contributed by atoms with Gasteiger partial charge in [-0.1, -0.05) is 17.3 Å². The van der Waals surface area contributed by atoms with Gasteiger partial charge in [-0.15, -0.1) is 16.6 Å². The molecule has 0 radical (unpaired) electrons. The lowest BCUT2D eigenvalue weighted by Gasteiger charge is -1.89. The van der Waals surface area contributed by atoms with Crippen molar-refractivity contribution in [2.75, 3.05) is 11.9 Å². The molecule has 0 aliphatic carbocycles. The van der Waals surface area contributed by atoms with Crippen LogP contribution in [-0.2, 0) is 0 Å². The van der Waals surface area contributed by atoms with E-state index in [4.69, 9.17) is 6.42 Å². The van der Waals surface area contributed by atoms with Crippen molar-refractivity contribution in [3.8, 4) is 12.3 Å². The van der Waals surface area contributed by atoms with Gasteiger partial charge in [0.05, 0.1) is 6.54 Å². The Labute approximate surface area is 57.1 Å². The number of hydrogen-bond acceptors (Lipinski definition) is 4. The first-order valence-corrected chi connectivity index (χ1v) is 3.25. The summed E-state index contributed by atoms with van der Waals surface area (Å²) in [6.45, 7) is 0.509. The molecule has 0 saturated carbocycles. The van der Waals surface area contributed by atoms with Crippen molar-refractivity contribution in [3.63, 3.8) is 0 Å². The Morgan fingerprint density at radius 2 is 2.78 bits per heavy atom. The van der Waals surface area contributed by atoms with Crippen LogP contribution >= 0.6 is 11.3 Å². The molecule has 1 N–H and O–H groups in total. The second-order valence-corrected chi connectivity index (χ2v) is 2.13. The highest BCUT2D eigenvalue weighted by Gasteiger charge is 1.89. The Balaban J connectivity index is 2.41. The fourth-order valence-electron chi connectivity index (χ4n) is 0.377. The van der Waals surface area contributed by atoms with Gasteiger partial charge in [0.25, 0.3) is 0 Å². The van der Waals surface area contributed by atoms with Crippen LogP contribution < -0.4 is 5.32 Å². The summed E-state index contributed by atoms with van der Waals surface area (Å²) in [6.07, 6.45) is 4.99. The van der Waals surface area contributed by atoms with E-state index >= 15 is 0 Å². The molecular formula is C5H5N3S. The van der Waals surface area contributed by atoms with E-state index in [9.17, 15) is 0 Å². The van der Waals surface area contributed by atoms with Crippen molar-refractivity contribution >= 4 is 16.5 Å². The fourth-order valence-corrected chi connectivity index (χ4v) is 0.821. The SMILES string of the molecule is C#CCNc1nncs1. The van der Waals surface area contributed by atoms with Gasteiger partial charge in [-0.25, -0.2) is 0 Å². The number of nitrogens with one attached hydrogen (secondary N) is 1. The zero-order valence-electron chi connectivity index (χ0n) is 4.66. The van der Waals surface area contributed by atoms with Crippen LogP contribution in [0.2, 0.25) is 0 Å². The molecule has 0 unspecified atom stereocenters. The number of terminal acetylenes is 1. The minimum Gasteiger partial charge on any atom is -0.349 e. The average molecular weight is 139 g/mol. The van der Waals surface area contributed by atoms with Crippen LogP contribution in [-0.4, -0.2) is 16.7 Å². The number of aromatic nitrogens is 2. The summed E-state index contributed by atoms with van der Waals surface area (Å²) >= 11 is 1.43.